The lowest BCUT2D eigenvalue weighted by Crippen LogP contribution is -2.43. The number of nitrogens with one attached hydrogen (secondary N) is 1. The van der Waals surface area contributed by atoms with E-state index in [0.29, 0.717) is 23.6 Å². The Morgan fingerprint density at radius 3 is 2.60 bits per heavy atom. The zero-order valence-corrected chi connectivity index (χ0v) is 19.7. The number of hydrogen-bond donors (Lipinski definition) is 1. The Morgan fingerprint density at radius 1 is 1.06 bits per heavy atom. The van der Waals surface area contributed by atoms with Gasteiger partial charge < -0.3 is 24.4 Å². The van der Waals surface area contributed by atoms with Crippen molar-refractivity contribution in [2.45, 2.75) is 19.0 Å². The number of methoxy groups -OCH3 is 1. The summed E-state index contributed by atoms with van der Waals surface area (Å²) in [5, 5.41) is 4.78. The Balaban J connectivity index is 1.28. The highest BCUT2D eigenvalue weighted by molar-refractivity contribution is 6.09. The summed E-state index contributed by atoms with van der Waals surface area (Å²) in [4.78, 5) is 41.3. The predicted molar refractivity (Wildman–Crippen MR) is 127 cm³/mol. The molecule has 4 amide bonds. The van der Waals surface area contributed by atoms with Crippen molar-refractivity contribution in [1.29, 1.82) is 0 Å². The lowest BCUT2D eigenvalue weighted by atomic mass is 9.91. The second kappa shape index (κ2) is 8.50. The Labute approximate surface area is 202 Å². The van der Waals surface area contributed by atoms with Gasteiger partial charge in [-0.25, -0.2) is 4.79 Å². The first kappa shape index (κ1) is 22.5. The van der Waals surface area contributed by atoms with Crippen molar-refractivity contribution in [2.24, 2.45) is 0 Å². The van der Waals surface area contributed by atoms with Crippen LogP contribution in [0.5, 0.6) is 17.2 Å². The van der Waals surface area contributed by atoms with Crippen LogP contribution in [0.25, 0.3) is 10.8 Å². The van der Waals surface area contributed by atoms with Crippen LogP contribution < -0.4 is 19.5 Å². The summed E-state index contributed by atoms with van der Waals surface area (Å²) in [6.07, 6.45) is 0. The molecule has 0 aromatic heterocycles. The van der Waals surface area contributed by atoms with Gasteiger partial charge in [0.1, 0.15) is 17.8 Å². The average Bonchev–Trinajstić information content (AvgIpc) is 3.41. The van der Waals surface area contributed by atoms with Crippen molar-refractivity contribution >= 4 is 28.6 Å². The van der Waals surface area contributed by atoms with Crippen LogP contribution in [0.1, 0.15) is 18.1 Å². The summed E-state index contributed by atoms with van der Waals surface area (Å²) in [7, 11) is 3.27. The molecule has 0 bridgehead atoms. The second-order valence-corrected chi connectivity index (χ2v) is 8.81. The molecular formula is C26H25N3O6. The van der Waals surface area contributed by atoms with Gasteiger partial charge in [0.2, 0.25) is 12.7 Å². The van der Waals surface area contributed by atoms with Crippen LogP contribution in [0.4, 0.5) is 4.79 Å². The number of carbonyl (C=O) groups excluding carboxylic acids is 3. The van der Waals surface area contributed by atoms with Crippen molar-refractivity contribution in [1.82, 2.24) is 15.1 Å². The molecule has 9 heteroatoms. The van der Waals surface area contributed by atoms with E-state index in [0.717, 1.165) is 27.0 Å². The molecule has 1 unspecified atom stereocenters. The maximum atomic E-state index is 13.2. The van der Waals surface area contributed by atoms with Crippen molar-refractivity contribution in [3.8, 4) is 17.2 Å². The van der Waals surface area contributed by atoms with Gasteiger partial charge in [-0.2, -0.15) is 0 Å². The Kier molecular flexibility index (Phi) is 5.47. The maximum Gasteiger partial charge on any atom is 0.325 e. The first-order valence-corrected chi connectivity index (χ1v) is 11.1. The number of benzene rings is 3. The van der Waals surface area contributed by atoms with E-state index in [9.17, 15) is 14.4 Å². The molecule has 1 saturated heterocycles. The minimum Gasteiger partial charge on any atom is -0.497 e. The van der Waals surface area contributed by atoms with Gasteiger partial charge in [0.15, 0.2) is 11.5 Å². The molecule has 1 fully saturated rings. The van der Waals surface area contributed by atoms with E-state index in [2.05, 4.69) is 5.32 Å². The smallest absolute Gasteiger partial charge is 0.325 e. The number of ether oxygens (including phenoxy) is 3. The molecular weight excluding hydrogens is 450 g/mol. The number of amides is 4. The molecule has 0 aliphatic carbocycles. The number of rotatable bonds is 6. The number of imide groups is 1. The second-order valence-electron chi connectivity index (χ2n) is 8.81. The molecule has 180 valence electrons. The fraction of sp³-hybridized carbons (Fsp3) is 0.269. The van der Waals surface area contributed by atoms with E-state index in [-0.39, 0.29) is 19.2 Å². The number of carbonyl (C=O) groups is 3. The highest BCUT2D eigenvalue weighted by Crippen LogP contribution is 2.37. The van der Waals surface area contributed by atoms with E-state index in [1.165, 1.54) is 4.90 Å². The normalized spacial score (nSPS) is 18.7. The van der Waals surface area contributed by atoms with Gasteiger partial charge in [0, 0.05) is 13.6 Å². The molecule has 2 heterocycles. The Morgan fingerprint density at radius 2 is 1.80 bits per heavy atom. The zero-order chi connectivity index (χ0) is 24.7. The molecule has 1 N–H and O–H groups in total. The third-order valence-corrected chi connectivity index (χ3v) is 6.48. The van der Waals surface area contributed by atoms with Gasteiger partial charge in [-0.1, -0.05) is 24.3 Å². The van der Waals surface area contributed by atoms with Crippen LogP contribution in [0, 0.1) is 0 Å². The molecule has 2 aliphatic rings. The Hall–Kier alpha value is -4.27. The van der Waals surface area contributed by atoms with Crippen molar-refractivity contribution in [2.75, 3.05) is 27.5 Å². The predicted octanol–water partition coefficient (Wildman–Crippen LogP) is 3.00. The molecule has 0 saturated carbocycles. The highest BCUT2D eigenvalue weighted by Gasteiger charge is 2.50. The minimum atomic E-state index is -1.31. The summed E-state index contributed by atoms with van der Waals surface area (Å²) < 4.78 is 16.0. The van der Waals surface area contributed by atoms with Crippen molar-refractivity contribution in [3.05, 3.63) is 65.7 Å². The highest BCUT2D eigenvalue weighted by atomic mass is 16.7. The fourth-order valence-corrected chi connectivity index (χ4v) is 4.36. The van der Waals surface area contributed by atoms with Gasteiger partial charge in [0.05, 0.1) is 7.11 Å². The van der Waals surface area contributed by atoms with E-state index in [1.54, 1.807) is 39.3 Å². The molecule has 3 aromatic rings. The molecule has 9 nitrogen and oxygen atoms in total. The third-order valence-electron chi connectivity index (χ3n) is 6.48. The third kappa shape index (κ3) is 3.99. The number of likely N-dealkylation sites (N-methyl/N-ethyl adjacent to an activating group) is 1. The van der Waals surface area contributed by atoms with E-state index in [4.69, 9.17) is 14.2 Å². The molecule has 1 atom stereocenters. The fourth-order valence-electron chi connectivity index (χ4n) is 4.36. The maximum absolute atomic E-state index is 13.2. The first-order chi connectivity index (χ1) is 16.8. The number of urea groups is 1. The van der Waals surface area contributed by atoms with Crippen LogP contribution in [-0.2, 0) is 21.7 Å². The van der Waals surface area contributed by atoms with Crippen molar-refractivity contribution in [3.63, 3.8) is 0 Å². The molecule has 35 heavy (non-hydrogen) atoms. The van der Waals surface area contributed by atoms with Gasteiger partial charge in [0.25, 0.3) is 5.91 Å². The monoisotopic (exact) mass is 475 g/mol. The summed E-state index contributed by atoms with van der Waals surface area (Å²) >= 11 is 0. The minimum absolute atomic E-state index is 0.105. The lowest BCUT2D eigenvalue weighted by molar-refractivity contribution is -0.138. The summed E-state index contributed by atoms with van der Waals surface area (Å²) in [6.45, 7) is 1.70. The van der Waals surface area contributed by atoms with Crippen molar-refractivity contribution < 1.29 is 28.6 Å². The lowest BCUT2D eigenvalue weighted by Gasteiger charge is -2.23. The van der Waals surface area contributed by atoms with E-state index < -0.39 is 17.5 Å². The Bertz CT molecular complexity index is 1360. The van der Waals surface area contributed by atoms with Gasteiger partial charge >= 0.3 is 6.03 Å². The van der Waals surface area contributed by atoms with Crippen LogP contribution in [0.15, 0.2) is 54.6 Å². The van der Waals surface area contributed by atoms with Crippen LogP contribution in [0.3, 0.4) is 0 Å². The van der Waals surface area contributed by atoms with Crippen LogP contribution in [0.2, 0.25) is 0 Å². The zero-order valence-electron chi connectivity index (χ0n) is 19.7. The molecule has 2 aliphatic heterocycles. The molecule has 3 aromatic carbocycles. The van der Waals surface area contributed by atoms with Gasteiger partial charge in [-0.05, 0) is 59.2 Å². The van der Waals surface area contributed by atoms with Gasteiger partial charge in [-0.15, -0.1) is 0 Å². The summed E-state index contributed by atoms with van der Waals surface area (Å²) in [5.74, 6) is 1.02. The average molecular weight is 476 g/mol. The number of fused-ring (bicyclic) bond motifs is 2. The molecule has 0 spiro atoms. The first-order valence-electron chi connectivity index (χ1n) is 11.1. The van der Waals surface area contributed by atoms with E-state index >= 15 is 0 Å². The molecule has 5 rings (SSSR count). The molecule has 0 radical (unpaired) electrons. The summed E-state index contributed by atoms with van der Waals surface area (Å²) in [5.41, 5.74) is 0.174. The van der Waals surface area contributed by atoms with E-state index in [1.807, 2.05) is 36.4 Å². The summed E-state index contributed by atoms with van der Waals surface area (Å²) in [6, 6.07) is 16.2. The number of hydrogen-bond acceptors (Lipinski definition) is 6. The van der Waals surface area contributed by atoms with Gasteiger partial charge in [-0.3, -0.25) is 14.5 Å². The van der Waals surface area contributed by atoms with Crippen LogP contribution >= 0.6 is 0 Å². The standard InChI is InChI=1S/C26H25N3O6/c1-26(19-7-9-21-22(12-19)35-15-34-21)24(31)29(25(32)27-26)14-23(30)28(2)13-16-4-5-18-11-20(33-3)8-6-17(18)10-16/h4-12H,13-15H2,1-3H3,(H,27,32). The number of nitrogens with zero attached hydrogens (tertiary/aromatic N) is 2. The van der Waals surface area contributed by atoms with Crippen LogP contribution in [-0.4, -0.2) is 55.1 Å². The quantitative estimate of drug-likeness (QED) is 0.551. The topological polar surface area (TPSA) is 97.4 Å². The largest absolute Gasteiger partial charge is 0.497 e. The SMILES string of the molecule is COc1ccc2cc(CN(C)C(=O)CN3C(=O)NC(C)(c4ccc5c(c4)OCO5)C3=O)ccc2c1.